The topological polar surface area (TPSA) is 55.6 Å². The van der Waals surface area contributed by atoms with Gasteiger partial charge in [-0.2, -0.15) is 0 Å². The summed E-state index contributed by atoms with van der Waals surface area (Å²) in [5.74, 6) is -0.271. The Labute approximate surface area is 120 Å². The first-order valence-electron chi connectivity index (χ1n) is 6.35. The van der Waals surface area contributed by atoms with Gasteiger partial charge in [0.1, 0.15) is 0 Å². The van der Waals surface area contributed by atoms with E-state index in [0.29, 0.717) is 5.56 Å². The van der Waals surface area contributed by atoms with Gasteiger partial charge in [-0.3, -0.25) is 4.90 Å². The number of nitrogens with two attached hydrogens (primary N) is 1. The number of hydrogen-bond donors (Lipinski definition) is 1. The van der Waals surface area contributed by atoms with Crippen molar-refractivity contribution in [2.24, 2.45) is 5.73 Å². The van der Waals surface area contributed by atoms with E-state index in [4.69, 9.17) is 10.5 Å². The van der Waals surface area contributed by atoms with Crippen molar-refractivity contribution in [2.75, 3.05) is 20.2 Å². The molecule has 1 fully saturated rings. The number of benzene rings is 1. The number of likely N-dealkylation sites (tertiary alicyclic amines) is 1. The second kappa shape index (κ2) is 7.48. The van der Waals surface area contributed by atoms with E-state index in [0.717, 1.165) is 38.0 Å². The van der Waals surface area contributed by atoms with Gasteiger partial charge >= 0.3 is 5.97 Å². The van der Waals surface area contributed by atoms with Crippen LogP contribution in [0, 0.1) is 0 Å². The number of halogens is 1. The van der Waals surface area contributed by atoms with E-state index in [1.54, 1.807) is 0 Å². The lowest BCUT2D eigenvalue weighted by atomic mass is 10.0. The minimum Gasteiger partial charge on any atom is -0.465 e. The Kier molecular flexibility index (Phi) is 6.28. The van der Waals surface area contributed by atoms with E-state index in [1.165, 1.54) is 7.11 Å². The van der Waals surface area contributed by atoms with Crippen molar-refractivity contribution in [1.82, 2.24) is 4.90 Å². The van der Waals surface area contributed by atoms with E-state index in [9.17, 15) is 4.79 Å². The molecule has 19 heavy (non-hydrogen) atoms. The maximum absolute atomic E-state index is 11.7. The number of esters is 1. The highest BCUT2D eigenvalue weighted by molar-refractivity contribution is 5.90. The molecule has 1 aliphatic rings. The largest absolute Gasteiger partial charge is 0.465 e. The predicted octanol–water partition coefficient (Wildman–Crippen LogP) is 1.82. The van der Waals surface area contributed by atoms with E-state index >= 15 is 0 Å². The van der Waals surface area contributed by atoms with Crippen molar-refractivity contribution in [1.29, 1.82) is 0 Å². The lowest BCUT2D eigenvalue weighted by molar-refractivity contribution is 0.0598. The van der Waals surface area contributed by atoms with Crippen LogP contribution in [0.25, 0.3) is 0 Å². The molecule has 1 aliphatic heterocycles. The molecule has 1 saturated heterocycles. The zero-order valence-electron chi connectivity index (χ0n) is 11.2. The van der Waals surface area contributed by atoms with Gasteiger partial charge in [0, 0.05) is 19.1 Å². The van der Waals surface area contributed by atoms with Crippen LogP contribution in [-0.4, -0.2) is 37.1 Å². The van der Waals surface area contributed by atoms with E-state index < -0.39 is 0 Å². The standard InChI is InChI=1S/C14H20N2O2.ClH/c1-18-14(17)13-7-3-2-5-11(13)9-16-8-4-6-12(15)10-16;/h2-3,5,7,12H,4,6,8-10,15H2,1H3;1H. The summed E-state index contributed by atoms with van der Waals surface area (Å²) < 4.78 is 4.81. The van der Waals surface area contributed by atoms with Crippen molar-refractivity contribution in [2.45, 2.75) is 25.4 Å². The van der Waals surface area contributed by atoms with Crippen LogP contribution in [-0.2, 0) is 11.3 Å². The minimum atomic E-state index is -0.271. The van der Waals surface area contributed by atoms with Crippen molar-refractivity contribution < 1.29 is 9.53 Å². The number of methoxy groups -OCH3 is 1. The predicted molar refractivity (Wildman–Crippen MR) is 77.5 cm³/mol. The maximum atomic E-state index is 11.7. The van der Waals surface area contributed by atoms with E-state index in [1.807, 2.05) is 24.3 Å². The summed E-state index contributed by atoms with van der Waals surface area (Å²) in [4.78, 5) is 14.0. The fourth-order valence-corrected chi connectivity index (χ4v) is 2.44. The normalized spacial score (nSPS) is 19.6. The molecule has 106 valence electrons. The molecule has 0 aromatic heterocycles. The molecule has 0 saturated carbocycles. The summed E-state index contributed by atoms with van der Waals surface area (Å²) in [5.41, 5.74) is 7.63. The zero-order chi connectivity index (χ0) is 13.0. The summed E-state index contributed by atoms with van der Waals surface area (Å²) in [6, 6.07) is 7.85. The average molecular weight is 285 g/mol. The summed E-state index contributed by atoms with van der Waals surface area (Å²) in [6.45, 7) is 2.71. The van der Waals surface area contributed by atoms with Crippen LogP contribution in [0.2, 0.25) is 0 Å². The fraction of sp³-hybridized carbons (Fsp3) is 0.500. The van der Waals surface area contributed by atoms with Crippen LogP contribution in [0.4, 0.5) is 0 Å². The van der Waals surface area contributed by atoms with Gasteiger partial charge in [0.2, 0.25) is 0 Å². The molecule has 1 aromatic carbocycles. The number of hydrogen-bond acceptors (Lipinski definition) is 4. The van der Waals surface area contributed by atoms with Crippen molar-refractivity contribution in [3.05, 3.63) is 35.4 Å². The van der Waals surface area contributed by atoms with Crippen LogP contribution in [0.15, 0.2) is 24.3 Å². The third-order valence-corrected chi connectivity index (χ3v) is 3.36. The second-order valence-corrected chi connectivity index (χ2v) is 4.79. The van der Waals surface area contributed by atoms with Gasteiger partial charge in [-0.25, -0.2) is 4.79 Å². The summed E-state index contributed by atoms with van der Waals surface area (Å²) in [6.07, 6.45) is 2.22. The highest BCUT2D eigenvalue weighted by Crippen LogP contribution is 2.16. The van der Waals surface area contributed by atoms with Crippen LogP contribution in [0.1, 0.15) is 28.8 Å². The van der Waals surface area contributed by atoms with E-state index in [-0.39, 0.29) is 24.4 Å². The Hall–Kier alpha value is -1.10. The summed E-state index contributed by atoms with van der Waals surface area (Å²) in [7, 11) is 1.41. The second-order valence-electron chi connectivity index (χ2n) is 4.79. The minimum absolute atomic E-state index is 0. The van der Waals surface area contributed by atoms with Crippen LogP contribution in [0.5, 0.6) is 0 Å². The first-order valence-corrected chi connectivity index (χ1v) is 6.35. The van der Waals surface area contributed by atoms with Gasteiger partial charge in [-0.15, -0.1) is 12.4 Å². The lowest BCUT2D eigenvalue weighted by Gasteiger charge is -2.31. The molecule has 0 spiro atoms. The molecule has 1 heterocycles. The first kappa shape index (κ1) is 16.0. The first-order chi connectivity index (χ1) is 8.70. The van der Waals surface area contributed by atoms with Crippen LogP contribution < -0.4 is 5.73 Å². The Balaban J connectivity index is 0.00000180. The number of carbonyl (C=O) groups is 1. The van der Waals surface area contributed by atoms with E-state index in [2.05, 4.69) is 4.90 Å². The molecular weight excluding hydrogens is 264 g/mol. The van der Waals surface area contributed by atoms with Crippen LogP contribution in [0.3, 0.4) is 0 Å². The number of piperidine rings is 1. The molecule has 0 aliphatic carbocycles. The molecular formula is C14H21ClN2O2. The number of nitrogens with zero attached hydrogens (tertiary/aromatic N) is 1. The molecule has 5 heteroatoms. The molecule has 2 rings (SSSR count). The van der Waals surface area contributed by atoms with Crippen molar-refractivity contribution in [3.8, 4) is 0 Å². The Morgan fingerprint density at radius 2 is 2.21 bits per heavy atom. The molecule has 0 bridgehead atoms. The number of ether oxygens (including phenoxy) is 1. The van der Waals surface area contributed by atoms with Crippen LogP contribution >= 0.6 is 12.4 Å². The smallest absolute Gasteiger partial charge is 0.338 e. The van der Waals surface area contributed by atoms with Gasteiger partial charge in [0.15, 0.2) is 0 Å². The van der Waals surface area contributed by atoms with Gasteiger partial charge in [0.25, 0.3) is 0 Å². The SMILES string of the molecule is COC(=O)c1ccccc1CN1CCCC(N)C1.Cl. The summed E-state index contributed by atoms with van der Waals surface area (Å²) in [5, 5.41) is 0. The van der Waals surface area contributed by atoms with Gasteiger partial charge < -0.3 is 10.5 Å². The van der Waals surface area contributed by atoms with Crippen molar-refractivity contribution >= 4 is 18.4 Å². The third-order valence-electron chi connectivity index (χ3n) is 3.36. The number of carbonyl (C=O) groups excluding carboxylic acids is 1. The highest BCUT2D eigenvalue weighted by Gasteiger charge is 2.19. The molecule has 2 N–H and O–H groups in total. The fourth-order valence-electron chi connectivity index (χ4n) is 2.44. The highest BCUT2D eigenvalue weighted by atomic mass is 35.5. The third kappa shape index (κ3) is 4.20. The number of rotatable bonds is 3. The lowest BCUT2D eigenvalue weighted by Crippen LogP contribution is -2.42. The quantitative estimate of drug-likeness (QED) is 0.860. The van der Waals surface area contributed by atoms with Crippen molar-refractivity contribution in [3.63, 3.8) is 0 Å². The monoisotopic (exact) mass is 284 g/mol. The Morgan fingerprint density at radius 1 is 1.47 bits per heavy atom. The molecule has 0 radical (unpaired) electrons. The molecule has 0 amide bonds. The Morgan fingerprint density at radius 3 is 2.89 bits per heavy atom. The molecule has 1 aromatic rings. The maximum Gasteiger partial charge on any atom is 0.338 e. The zero-order valence-corrected chi connectivity index (χ0v) is 12.0. The molecule has 4 nitrogen and oxygen atoms in total. The van der Waals surface area contributed by atoms with Gasteiger partial charge in [0.05, 0.1) is 12.7 Å². The molecule has 1 unspecified atom stereocenters. The van der Waals surface area contributed by atoms with Gasteiger partial charge in [-0.1, -0.05) is 18.2 Å². The summed E-state index contributed by atoms with van der Waals surface area (Å²) >= 11 is 0. The average Bonchev–Trinajstić information content (AvgIpc) is 2.38. The Bertz CT molecular complexity index is 426. The van der Waals surface area contributed by atoms with Gasteiger partial charge in [-0.05, 0) is 31.0 Å². The molecule has 1 atom stereocenters.